The Bertz CT molecular complexity index is 883. The molecule has 1 saturated heterocycles. The van der Waals surface area contributed by atoms with Gasteiger partial charge < -0.3 is 20.5 Å². The number of methoxy groups -OCH3 is 1. The van der Waals surface area contributed by atoms with Crippen LogP contribution in [-0.2, 0) is 32.0 Å². The van der Waals surface area contributed by atoms with Crippen molar-refractivity contribution in [3.8, 4) is 11.5 Å². The highest BCUT2D eigenvalue weighted by molar-refractivity contribution is 8.14. The van der Waals surface area contributed by atoms with Gasteiger partial charge in [0.25, 0.3) is 0 Å². The molecule has 1 amide bonds. The molecule has 1 unspecified atom stereocenters. The molecule has 0 aliphatic carbocycles. The fourth-order valence-electron chi connectivity index (χ4n) is 2.89. The molecule has 0 radical (unpaired) electrons. The summed E-state index contributed by atoms with van der Waals surface area (Å²) in [5.41, 5.74) is 7.62. The molecule has 0 spiro atoms. The first-order valence-corrected chi connectivity index (χ1v) is 9.99. The summed E-state index contributed by atoms with van der Waals surface area (Å²) >= 11 is 1.08. The van der Waals surface area contributed by atoms with Gasteiger partial charge in [0.2, 0.25) is 11.0 Å². The number of thioether (sulfide) groups is 1. The lowest BCUT2D eigenvalue weighted by atomic mass is 10.1. The molecular weight excluding hydrogens is 392 g/mol. The van der Waals surface area contributed by atoms with E-state index in [1.807, 2.05) is 48.5 Å². The summed E-state index contributed by atoms with van der Waals surface area (Å²) in [5.74, 6) is 0.756. The Morgan fingerprint density at radius 3 is 2.28 bits per heavy atom. The third-order valence-corrected chi connectivity index (χ3v) is 5.51. The second-order valence-corrected chi connectivity index (χ2v) is 7.88. The van der Waals surface area contributed by atoms with Gasteiger partial charge in [-0.05, 0) is 48.2 Å². The number of amides is 1. The van der Waals surface area contributed by atoms with Crippen LogP contribution in [0.25, 0.3) is 0 Å². The zero-order valence-corrected chi connectivity index (χ0v) is 16.7. The van der Waals surface area contributed by atoms with E-state index in [9.17, 15) is 14.4 Å². The number of hydrogen-bond acceptors (Lipinski definition) is 7. The van der Waals surface area contributed by atoms with Gasteiger partial charge in [0.15, 0.2) is 0 Å². The molecule has 1 fully saturated rings. The smallest absolute Gasteiger partial charge is 0.322 e. The van der Waals surface area contributed by atoms with Crippen LogP contribution in [-0.4, -0.2) is 41.9 Å². The van der Waals surface area contributed by atoms with Crippen molar-refractivity contribution in [2.75, 3.05) is 13.7 Å². The first-order valence-electron chi connectivity index (χ1n) is 9.11. The fraction of sp³-hybridized carbons (Fsp3) is 0.286. The predicted octanol–water partition coefficient (Wildman–Crippen LogP) is 1.82. The predicted molar refractivity (Wildman–Crippen MR) is 110 cm³/mol. The van der Waals surface area contributed by atoms with Gasteiger partial charge in [-0.2, -0.15) is 0 Å². The Labute approximate surface area is 172 Å². The summed E-state index contributed by atoms with van der Waals surface area (Å²) in [6, 6.07) is 14.0. The molecule has 7 nitrogen and oxygen atoms in total. The summed E-state index contributed by atoms with van der Waals surface area (Å²) < 4.78 is 10.5. The Morgan fingerprint density at radius 1 is 1.10 bits per heavy atom. The standard InChI is InChI=1S/C21H22N2O5S/c1-27-21(26)17(22)10-13-2-6-15(7-3-13)28-16-8-4-14(5-9-16)11-18-20(25)23-12-19(24)29-18/h2-9,17-18H,10-12,22H2,1H3,(H,23,25)/t17-,18?/m0/s1. The largest absolute Gasteiger partial charge is 0.468 e. The van der Waals surface area contributed by atoms with E-state index in [4.69, 9.17) is 10.5 Å². The maximum absolute atomic E-state index is 11.9. The topological polar surface area (TPSA) is 108 Å². The first-order chi connectivity index (χ1) is 13.9. The summed E-state index contributed by atoms with van der Waals surface area (Å²) in [5, 5.41) is 2.19. The molecule has 0 saturated carbocycles. The van der Waals surface area contributed by atoms with Gasteiger partial charge in [0, 0.05) is 0 Å². The van der Waals surface area contributed by atoms with Crippen LogP contribution in [0.1, 0.15) is 11.1 Å². The van der Waals surface area contributed by atoms with E-state index in [1.165, 1.54) is 7.11 Å². The van der Waals surface area contributed by atoms with Crippen molar-refractivity contribution in [1.29, 1.82) is 0 Å². The maximum atomic E-state index is 11.9. The van der Waals surface area contributed by atoms with Gasteiger partial charge in [-0.25, -0.2) is 0 Å². The number of nitrogens with one attached hydrogen (secondary N) is 1. The van der Waals surface area contributed by atoms with E-state index >= 15 is 0 Å². The van der Waals surface area contributed by atoms with Crippen molar-refractivity contribution in [1.82, 2.24) is 5.32 Å². The molecule has 8 heteroatoms. The van der Waals surface area contributed by atoms with Crippen LogP contribution in [0.4, 0.5) is 0 Å². The molecule has 152 valence electrons. The lowest BCUT2D eigenvalue weighted by Crippen LogP contribution is -2.42. The van der Waals surface area contributed by atoms with Crippen molar-refractivity contribution in [2.45, 2.75) is 24.1 Å². The van der Waals surface area contributed by atoms with E-state index in [1.54, 1.807) is 0 Å². The van der Waals surface area contributed by atoms with Gasteiger partial charge in [-0.15, -0.1) is 0 Å². The van der Waals surface area contributed by atoms with E-state index in [0.29, 0.717) is 24.3 Å². The number of esters is 1. The zero-order valence-electron chi connectivity index (χ0n) is 15.9. The lowest BCUT2D eigenvalue weighted by molar-refractivity contribution is -0.142. The van der Waals surface area contributed by atoms with E-state index in [0.717, 1.165) is 22.9 Å². The maximum Gasteiger partial charge on any atom is 0.322 e. The molecule has 1 aliphatic heterocycles. The van der Waals surface area contributed by atoms with Crippen LogP contribution in [0.3, 0.4) is 0 Å². The third-order valence-electron chi connectivity index (χ3n) is 4.44. The highest BCUT2D eigenvalue weighted by atomic mass is 32.2. The summed E-state index contributed by atoms with van der Waals surface area (Å²) in [6.45, 7) is 0.0974. The zero-order chi connectivity index (χ0) is 20.8. The molecule has 1 heterocycles. The molecule has 2 aromatic rings. The van der Waals surface area contributed by atoms with Gasteiger partial charge in [-0.3, -0.25) is 14.4 Å². The summed E-state index contributed by atoms with van der Waals surface area (Å²) in [4.78, 5) is 34.8. The van der Waals surface area contributed by atoms with Crippen LogP contribution in [0, 0.1) is 0 Å². The number of benzene rings is 2. The van der Waals surface area contributed by atoms with Crippen molar-refractivity contribution in [3.63, 3.8) is 0 Å². The molecule has 0 aromatic heterocycles. The number of hydrogen-bond donors (Lipinski definition) is 2. The van der Waals surface area contributed by atoms with Crippen molar-refractivity contribution in [2.24, 2.45) is 5.73 Å². The SMILES string of the molecule is COC(=O)[C@@H](N)Cc1ccc(Oc2ccc(CC3SC(=O)CNC3=O)cc2)cc1. The highest BCUT2D eigenvalue weighted by Gasteiger charge is 2.27. The number of ether oxygens (including phenoxy) is 2. The molecule has 3 N–H and O–H groups in total. The van der Waals surface area contributed by atoms with Crippen LogP contribution in [0.2, 0.25) is 0 Å². The Kier molecular flexibility index (Phi) is 6.90. The third kappa shape index (κ3) is 5.82. The molecule has 29 heavy (non-hydrogen) atoms. The number of nitrogens with two attached hydrogens (primary N) is 1. The molecular formula is C21H22N2O5S. The minimum absolute atomic E-state index is 0.0226. The Morgan fingerprint density at radius 2 is 1.69 bits per heavy atom. The summed E-state index contributed by atoms with van der Waals surface area (Å²) in [6.07, 6.45) is 0.870. The van der Waals surface area contributed by atoms with Crippen molar-refractivity contribution >= 4 is 28.8 Å². The average Bonchev–Trinajstić information content (AvgIpc) is 2.73. The summed E-state index contributed by atoms with van der Waals surface area (Å²) in [7, 11) is 1.31. The van der Waals surface area contributed by atoms with Gasteiger partial charge in [0.05, 0.1) is 18.9 Å². The quantitative estimate of drug-likeness (QED) is 0.666. The first kappa shape index (κ1) is 20.9. The minimum Gasteiger partial charge on any atom is -0.468 e. The second kappa shape index (κ2) is 9.58. The van der Waals surface area contributed by atoms with Crippen LogP contribution in [0.15, 0.2) is 48.5 Å². The van der Waals surface area contributed by atoms with Crippen LogP contribution < -0.4 is 15.8 Å². The van der Waals surface area contributed by atoms with Crippen LogP contribution in [0.5, 0.6) is 11.5 Å². The van der Waals surface area contributed by atoms with Gasteiger partial charge in [0.1, 0.15) is 17.5 Å². The fourth-order valence-corrected chi connectivity index (χ4v) is 3.83. The van der Waals surface area contributed by atoms with Crippen LogP contribution >= 0.6 is 11.8 Å². The average molecular weight is 414 g/mol. The molecule has 1 aliphatic rings. The number of rotatable bonds is 7. The molecule has 2 atom stereocenters. The Balaban J connectivity index is 1.56. The monoisotopic (exact) mass is 414 g/mol. The van der Waals surface area contributed by atoms with Crippen molar-refractivity contribution in [3.05, 3.63) is 59.7 Å². The van der Waals surface area contributed by atoms with E-state index in [2.05, 4.69) is 10.1 Å². The molecule has 2 aromatic carbocycles. The second-order valence-electron chi connectivity index (χ2n) is 6.62. The normalized spacial score (nSPS) is 17.4. The highest BCUT2D eigenvalue weighted by Crippen LogP contribution is 2.25. The van der Waals surface area contributed by atoms with Crippen molar-refractivity contribution < 1.29 is 23.9 Å². The van der Waals surface area contributed by atoms with E-state index in [-0.39, 0.29) is 17.6 Å². The Hall–Kier alpha value is -2.84. The lowest BCUT2D eigenvalue weighted by Gasteiger charge is -2.20. The molecule has 0 bridgehead atoms. The molecule has 3 rings (SSSR count). The van der Waals surface area contributed by atoms with Gasteiger partial charge >= 0.3 is 5.97 Å². The van der Waals surface area contributed by atoms with Gasteiger partial charge in [-0.1, -0.05) is 36.0 Å². The number of carbonyl (C=O) groups excluding carboxylic acids is 3. The van der Waals surface area contributed by atoms with E-state index < -0.39 is 17.3 Å². The minimum atomic E-state index is -0.695. The number of carbonyl (C=O) groups is 3.